The Bertz CT molecular complexity index is 734. The van der Waals surface area contributed by atoms with Crippen LogP contribution in [0.1, 0.15) is 29.3 Å². The number of halogens is 1. The van der Waals surface area contributed by atoms with E-state index < -0.39 is 23.2 Å². The third-order valence-electron chi connectivity index (χ3n) is 3.14. The van der Waals surface area contributed by atoms with Gasteiger partial charge in [0.05, 0.1) is 5.71 Å². The predicted octanol–water partition coefficient (Wildman–Crippen LogP) is 3.00. The van der Waals surface area contributed by atoms with Gasteiger partial charge in [-0.3, -0.25) is 4.79 Å². The predicted molar refractivity (Wildman–Crippen MR) is 87.2 cm³/mol. The minimum absolute atomic E-state index is 0.0342. The average molecular weight is 335 g/mol. The molecule has 0 heterocycles. The smallest absolute Gasteiger partial charge is 0.271 e. The van der Waals surface area contributed by atoms with Crippen molar-refractivity contribution >= 4 is 23.2 Å². The Morgan fingerprint density at radius 1 is 1.09 bits per heavy atom. The molecule has 2 aromatic carbocycles. The molecule has 0 aliphatic carbocycles. The van der Waals surface area contributed by atoms with Gasteiger partial charge in [-0.25, -0.2) is 5.43 Å². The highest BCUT2D eigenvalue weighted by Crippen LogP contribution is 2.35. The summed E-state index contributed by atoms with van der Waals surface area (Å²) < 4.78 is 0. The number of hydrogen-bond donors (Lipinski definition) is 4. The maximum absolute atomic E-state index is 12.0. The SMILES string of the molecule is CC/C(=N\NC(=O)c1cc(O)c(O)c(O)c1)c1ccc(Cl)cc1. The molecular weight excluding hydrogens is 320 g/mol. The van der Waals surface area contributed by atoms with Crippen molar-refractivity contribution in [3.63, 3.8) is 0 Å². The van der Waals surface area contributed by atoms with Gasteiger partial charge in [-0.05, 0) is 36.2 Å². The molecule has 0 saturated heterocycles. The largest absolute Gasteiger partial charge is 0.504 e. The van der Waals surface area contributed by atoms with E-state index in [4.69, 9.17) is 11.6 Å². The molecule has 0 fully saturated rings. The Hall–Kier alpha value is -2.73. The van der Waals surface area contributed by atoms with E-state index in [2.05, 4.69) is 10.5 Å². The first-order valence-corrected chi connectivity index (χ1v) is 7.18. The maximum atomic E-state index is 12.0. The van der Waals surface area contributed by atoms with Crippen LogP contribution in [-0.4, -0.2) is 26.9 Å². The molecule has 0 aliphatic rings. The summed E-state index contributed by atoms with van der Waals surface area (Å²) in [5, 5.41) is 32.8. The lowest BCUT2D eigenvalue weighted by Gasteiger charge is -2.07. The standard InChI is InChI=1S/C16H15ClN2O4/c1-2-12(9-3-5-11(17)6-4-9)18-19-16(23)10-7-13(20)15(22)14(21)8-10/h3-8,20-22H,2H2,1H3,(H,19,23)/b18-12+. The maximum Gasteiger partial charge on any atom is 0.271 e. The van der Waals surface area contributed by atoms with Crippen LogP contribution in [-0.2, 0) is 0 Å². The molecule has 0 saturated carbocycles. The van der Waals surface area contributed by atoms with Crippen molar-refractivity contribution in [2.75, 3.05) is 0 Å². The number of phenolic OH excluding ortho intramolecular Hbond substituents is 3. The highest BCUT2D eigenvalue weighted by atomic mass is 35.5. The summed E-state index contributed by atoms with van der Waals surface area (Å²) in [5.74, 6) is -2.49. The van der Waals surface area contributed by atoms with Crippen LogP contribution in [0.3, 0.4) is 0 Å². The quantitative estimate of drug-likeness (QED) is 0.392. The molecule has 6 nitrogen and oxygen atoms in total. The summed E-state index contributed by atoms with van der Waals surface area (Å²) in [7, 11) is 0. The second-order valence-corrected chi connectivity index (χ2v) is 5.16. The fourth-order valence-corrected chi connectivity index (χ4v) is 2.03. The van der Waals surface area contributed by atoms with Crippen LogP contribution < -0.4 is 5.43 Å². The number of hydrazone groups is 1. The van der Waals surface area contributed by atoms with Gasteiger partial charge in [-0.2, -0.15) is 5.10 Å². The number of nitrogens with one attached hydrogen (secondary N) is 1. The first-order valence-electron chi connectivity index (χ1n) is 6.80. The number of amides is 1. The number of rotatable bonds is 4. The van der Waals surface area contributed by atoms with Crippen molar-refractivity contribution in [2.24, 2.45) is 5.10 Å². The van der Waals surface area contributed by atoms with E-state index in [9.17, 15) is 20.1 Å². The molecule has 2 rings (SSSR count). The van der Waals surface area contributed by atoms with Gasteiger partial charge in [0.2, 0.25) is 0 Å². The van der Waals surface area contributed by atoms with Crippen molar-refractivity contribution in [3.8, 4) is 17.2 Å². The fourth-order valence-electron chi connectivity index (χ4n) is 1.91. The topological polar surface area (TPSA) is 102 Å². The molecule has 0 spiro atoms. The van der Waals surface area contributed by atoms with Gasteiger partial charge in [0.25, 0.3) is 5.91 Å². The third kappa shape index (κ3) is 3.92. The van der Waals surface area contributed by atoms with E-state index in [0.717, 1.165) is 17.7 Å². The molecular formula is C16H15ClN2O4. The molecule has 0 aromatic heterocycles. The lowest BCUT2D eigenvalue weighted by atomic mass is 10.1. The summed E-state index contributed by atoms with van der Waals surface area (Å²) in [5.41, 5.74) is 3.77. The Balaban J connectivity index is 2.20. The summed E-state index contributed by atoms with van der Waals surface area (Å²) in [6.45, 7) is 1.89. The minimum Gasteiger partial charge on any atom is -0.504 e. The number of aromatic hydroxyl groups is 3. The summed E-state index contributed by atoms with van der Waals surface area (Å²) in [6, 6.07) is 9.09. The lowest BCUT2D eigenvalue weighted by Crippen LogP contribution is -2.20. The van der Waals surface area contributed by atoms with Crippen LogP contribution in [0.15, 0.2) is 41.5 Å². The number of carbonyl (C=O) groups excluding carboxylic acids is 1. The van der Waals surface area contributed by atoms with Gasteiger partial charge in [0, 0.05) is 10.6 Å². The average Bonchev–Trinajstić information content (AvgIpc) is 2.54. The number of carbonyl (C=O) groups is 1. The van der Waals surface area contributed by atoms with Crippen LogP contribution in [0.5, 0.6) is 17.2 Å². The number of nitrogens with zero attached hydrogens (tertiary/aromatic N) is 1. The van der Waals surface area contributed by atoms with Crippen LogP contribution in [0.25, 0.3) is 0 Å². The van der Waals surface area contributed by atoms with E-state index in [1.807, 2.05) is 6.92 Å². The Morgan fingerprint density at radius 2 is 1.65 bits per heavy atom. The van der Waals surface area contributed by atoms with E-state index in [1.165, 1.54) is 0 Å². The Kier molecular flexibility index (Phi) is 5.08. The van der Waals surface area contributed by atoms with Crippen LogP contribution >= 0.6 is 11.6 Å². The number of phenols is 3. The van der Waals surface area contributed by atoms with Gasteiger partial charge in [0.1, 0.15) is 0 Å². The fraction of sp³-hybridized carbons (Fsp3) is 0.125. The van der Waals surface area contributed by atoms with Crippen molar-refractivity contribution in [2.45, 2.75) is 13.3 Å². The van der Waals surface area contributed by atoms with Gasteiger partial charge in [-0.1, -0.05) is 30.7 Å². The van der Waals surface area contributed by atoms with Crippen molar-refractivity contribution < 1.29 is 20.1 Å². The molecule has 1 amide bonds. The van der Waals surface area contributed by atoms with Gasteiger partial charge in [-0.15, -0.1) is 0 Å². The summed E-state index contributed by atoms with van der Waals surface area (Å²) >= 11 is 5.83. The van der Waals surface area contributed by atoms with Crippen molar-refractivity contribution in [3.05, 3.63) is 52.5 Å². The van der Waals surface area contributed by atoms with Gasteiger partial charge < -0.3 is 15.3 Å². The first kappa shape index (κ1) is 16.6. The molecule has 23 heavy (non-hydrogen) atoms. The van der Waals surface area contributed by atoms with E-state index in [0.29, 0.717) is 17.2 Å². The summed E-state index contributed by atoms with van der Waals surface area (Å²) in [4.78, 5) is 12.0. The van der Waals surface area contributed by atoms with E-state index in [1.54, 1.807) is 24.3 Å². The molecule has 0 radical (unpaired) electrons. The van der Waals surface area contributed by atoms with Gasteiger partial charge in [0.15, 0.2) is 17.2 Å². The first-order chi connectivity index (χ1) is 10.9. The van der Waals surface area contributed by atoms with Gasteiger partial charge >= 0.3 is 0 Å². The van der Waals surface area contributed by atoms with Crippen molar-refractivity contribution in [1.29, 1.82) is 0 Å². The molecule has 0 unspecified atom stereocenters. The Morgan fingerprint density at radius 3 is 2.17 bits per heavy atom. The lowest BCUT2D eigenvalue weighted by molar-refractivity contribution is 0.0954. The third-order valence-corrected chi connectivity index (χ3v) is 3.39. The van der Waals surface area contributed by atoms with E-state index in [-0.39, 0.29) is 5.56 Å². The zero-order chi connectivity index (χ0) is 17.0. The molecule has 4 N–H and O–H groups in total. The van der Waals surface area contributed by atoms with Crippen LogP contribution in [0, 0.1) is 0 Å². The summed E-state index contributed by atoms with van der Waals surface area (Å²) in [6.07, 6.45) is 0.577. The van der Waals surface area contributed by atoms with Crippen LogP contribution in [0.4, 0.5) is 0 Å². The zero-order valence-corrected chi connectivity index (χ0v) is 13.0. The highest BCUT2D eigenvalue weighted by Gasteiger charge is 2.13. The van der Waals surface area contributed by atoms with Crippen molar-refractivity contribution in [1.82, 2.24) is 5.43 Å². The molecule has 0 atom stereocenters. The number of benzene rings is 2. The molecule has 0 aliphatic heterocycles. The second kappa shape index (κ2) is 7.02. The highest BCUT2D eigenvalue weighted by molar-refractivity contribution is 6.30. The second-order valence-electron chi connectivity index (χ2n) is 4.72. The molecule has 120 valence electrons. The molecule has 7 heteroatoms. The van der Waals surface area contributed by atoms with Crippen LogP contribution in [0.2, 0.25) is 5.02 Å². The minimum atomic E-state index is -0.680. The normalized spacial score (nSPS) is 11.3. The zero-order valence-electron chi connectivity index (χ0n) is 12.2. The molecule has 0 bridgehead atoms. The monoisotopic (exact) mass is 334 g/mol. The molecule has 2 aromatic rings. The Labute approximate surface area is 137 Å². The number of hydrogen-bond acceptors (Lipinski definition) is 5. The van der Waals surface area contributed by atoms with E-state index >= 15 is 0 Å².